The highest BCUT2D eigenvalue weighted by molar-refractivity contribution is 5.88. The average Bonchev–Trinajstić information content (AvgIpc) is 3.16. The van der Waals surface area contributed by atoms with Crippen molar-refractivity contribution in [3.8, 4) is 0 Å². The Balaban J connectivity index is 1.69. The molecule has 0 saturated heterocycles. The van der Waals surface area contributed by atoms with Gasteiger partial charge in [-0.1, -0.05) is 32.4 Å². The van der Waals surface area contributed by atoms with E-state index in [4.69, 9.17) is 9.47 Å². The zero-order valence-corrected chi connectivity index (χ0v) is 26.8. The molecule has 0 unspecified atom stereocenters. The molecule has 0 aliphatic heterocycles. The van der Waals surface area contributed by atoms with E-state index in [-0.39, 0.29) is 41.1 Å². The summed E-state index contributed by atoms with van der Waals surface area (Å²) in [5.74, 6) is 0.189. The molecule has 9 atom stereocenters. The number of carbonyl (C=O) groups is 3. The van der Waals surface area contributed by atoms with Crippen LogP contribution in [-0.4, -0.2) is 52.4 Å². The monoisotopic (exact) mass is 574 g/mol. The quantitative estimate of drug-likeness (QED) is 0.279. The van der Waals surface area contributed by atoms with E-state index in [1.807, 2.05) is 0 Å². The molecule has 0 radical (unpaired) electrons. The molecule has 4 aliphatic carbocycles. The summed E-state index contributed by atoms with van der Waals surface area (Å²) in [5, 5.41) is 22.1. The molecule has 0 amide bonds. The SMILES string of the molecule is CC(=O)O[C@H](C[C@@H](OC(C)=O)C(C)(C)O)[C@@H](C)[C@H]1CC[C@@]2(C)[C@@H]3CC=C4[C@@H](CCC(=O)C4(C)C)[C@]3(C)CC[C@]12CO. The highest BCUT2D eigenvalue weighted by atomic mass is 16.6. The molecule has 4 rings (SSSR count). The van der Waals surface area contributed by atoms with E-state index in [1.165, 1.54) is 19.4 Å². The summed E-state index contributed by atoms with van der Waals surface area (Å²) < 4.78 is 11.4. The lowest BCUT2D eigenvalue weighted by atomic mass is 9.39. The molecule has 7 nitrogen and oxygen atoms in total. The number of carbonyl (C=O) groups excluding carboxylic acids is 3. The highest BCUT2D eigenvalue weighted by Gasteiger charge is 2.69. The van der Waals surface area contributed by atoms with Gasteiger partial charge in [0.25, 0.3) is 0 Å². The Kier molecular flexibility index (Phi) is 8.45. The third kappa shape index (κ3) is 5.11. The maximum absolute atomic E-state index is 12.9. The van der Waals surface area contributed by atoms with E-state index in [2.05, 4.69) is 40.7 Å². The van der Waals surface area contributed by atoms with Crippen LogP contribution in [0, 0.1) is 45.3 Å². The fraction of sp³-hybridized carbons (Fsp3) is 0.853. The van der Waals surface area contributed by atoms with Crippen LogP contribution in [0.25, 0.3) is 0 Å². The molecule has 7 heteroatoms. The Hall–Kier alpha value is -1.73. The molecule has 232 valence electrons. The van der Waals surface area contributed by atoms with Crippen LogP contribution in [0.1, 0.15) is 114 Å². The summed E-state index contributed by atoms with van der Waals surface area (Å²) in [6.07, 6.45) is 7.37. The normalized spacial score (nSPS) is 38.5. The van der Waals surface area contributed by atoms with E-state index < -0.39 is 35.2 Å². The van der Waals surface area contributed by atoms with Gasteiger partial charge in [0.05, 0.1) is 5.60 Å². The van der Waals surface area contributed by atoms with Crippen LogP contribution in [0.3, 0.4) is 0 Å². The largest absolute Gasteiger partial charge is 0.462 e. The number of allylic oxidation sites excluding steroid dienone is 2. The number of fused-ring (bicyclic) bond motifs is 5. The number of aliphatic hydroxyl groups is 2. The van der Waals surface area contributed by atoms with Crippen molar-refractivity contribution in [2.45, 2.75) is 131 Å². The lowest BCUT2D eigenvalue weighted by Gasteiger charge is -2.66. The molecule has 4 aliphatic rings. The number of hydrogen-bond donors (Lipinski definition) is 2. The average molecular weight is 575 g/mol. The zero-order chi connectivity index (χ0) is 30.8. The van der Waals surface area contributed by atoms with Gasteiger partial charge in [0, 0.05) is 44.1 Å². The maximum Gasteiger partial charge on any atom is 0.303 e. The first-order chi connectivity index (χ1) is 18.8. The van der Waals surface area contributed by atoms with Gasteiger partial charge >= 0.3 is 11.9 Å². The van der Waals surface area contributed by atoms with Crippen LogP contribution < -0.4 is 0 Å². The minimum Gasteiger partial charge on any atom is -0.462 e. The summed E-state index contributed by atoms with van der Waals surface area (Å²) in [6, 6.07) is 0. The molecule has 0 aromatic rings. The van der Waals surface area contributed by atoms with Gasteiger partial charge in [0.2, 0.25) is 0 Å². The van der Waals surface area contributed by atoms with Crippen molar-refractivity contribution in [1.29, 1.82) is 0 Å². The van der Waals surface area contributed by atoms with Crippen molar-refractivity contribution >= 4 is 17.7 Å². The Morgan fingerprint density at radius 3 is 2.24 bits per heavy atom. The van der Waals surface area contributed by atoms with Crippen molar-refractivity contribution in [2.24, 2.45) is 45.3 Å². The van der Waals surface area contributed by atoms with Crippen molar-refractivity contribution in [3.63, 3.8) is 0 Å². The van der Waals surface area contributed by atoms with Crippen LogP contribution in [0.5, 0.6) is 0 Å². The topological polar surface area (TPSA) is 110 Å². The van der Waals surface area contributed by atoms with E-state index >= 15 is 0 Å². The van der Waals surface area contributed by atoms with Gasteiger partial charge in [0.1, 0.15) is 18.0 Å². The van der Waals surface area contributed by atoms with Gasteiger partial charge in [-0.15, -0.1) is 0 Å². The van der Waals surface area contributed by atoms with E-state index in [0.29, 0.717) is 24.0 Å². The Morgan fingerprint density at radius 1 is 1.05 bits per heavy atom. The lowest BCUT2D eigenvalue weighted by Crippen LogP contribution is -2.61. The molecule has 2 N–H and O–H groups in total. The van der Waals surface area contributed by atoms with Gasteiger partial charge in [0.15, 0.2) is 0 Å². The highest BCUT2D eigenvalue weighted by Crippen LogP contribution is 2.74. The standard InChI is InChI=1S/C34H54O7/c1-20(26(40-21(2)36)18-29(31(6,7)39)41-22(3)37)23-14-15-33(9)27-12-10-24-25(11-13-28(38)30(24,4)5)32(27,8)16-17-34(23,33)19-35/h10,20,23,25-27,29,35,39H,11-19H2,1-9H3/t20-,23+,25+,26+,27+,29+,32-,33-,34-/m0/s1. The first-order valence-corrected chi connectivity index (χ1v) is 15.8. The Labute approximate surface area is 246 Å². The third-order valence-electron chi connectivity index (χ3n) is 12.7. The fourth-order valence-corrected chi connectivity index (χ4v) is 10.3. The predicted molar refractivity (Wildman–Crippen MR) is 157 cm³/mol. The number of Topliss-reactive ketones (excluding diaryl/α,β-unsaturated/α-hetero) is 1. The number of hydrogen-bond acceptors (Lipinski definition) is 7. The second-order valence-electron chi connectivity index (χ2n) is 15.5. The van der Waals surface area contributed by atoms with Gasteiger partial charge in [-0.25, -0.2) is 0 Å². The van der Waals surface area contributed by atoms with Crippen LogP contribution in [0.2, 0.25) is 0 Å². The molecular weight excluding hydrogens is 520 g/mol. The second kappa shape index (κ2) is 10.8. The van der Waals surface area contributed by atoms with Gasteiger partial charge in [-0.3, -0.25) is 14.4 Å². The van der Waals surface area contributed by atoms with Crippen molar-refractivity contribution in [2.75, 3.05) is 6.61 Å². The summed E-state index contributed by atoms with van der Waals surface area (Å²) >= 11 is 0. The molecule has 3 fully saturated rings. The van der Waals surface area contributed by atoms with Gasteiger partial charge in [-0.2, -0.15) is 0 Å². The molecule has 0 heterocycles. The van der Waals surface area contributed by atoms with Gasteiger partial charge in [-0.05, 0) is 101 Å². The molecule has 41 heavy (non-hydrogen) atoms. The fourth-order valence-electron chi connectivity index (χ4n) is 10.3. The van der Waals surface area contributed by atoms with Crippen LogP contribution in [-0.2, 0) is 23.9 Å². The Morgan fingerprint density at radius 2 is 1.68 bits per heavy atom. The van der Waals surface area contributed by atoms with Crippen molar-refractivity contribution in [1.82, 2.24) is 0 Å². The molecule has 3 saturated carbocycles. The van der Waals surface area contributed by atoms with Crippen molar-refractivity contribution < 1.29 is 34.1 Å². The smallest absolute Gasteiger partial charge is 0.303 e. The minimum absolute atomic E-state index is 0.0597. The maximum atomic E-state index is 12.9. The zero-order valence-electron chi connectivity index (χ0n) is 26.8. The summed E-state index contributed by atoms with van der Waals surface area (Å²) in [7, 11) is 0. The number of esters is 2. The second-order valence-corrected chi connectivity index (χ2v) is 15.5. The van der Waals surface area contributed by atoms with E-state index in [1.54, 1.807) is 13.8 Å². The van der Waals surface area contributed by atoms with Crippen LogP contribution in [0.4, 0.5) is 0 Å². The molecule has 0 spiro atoms. The van der Waals surface area contributed by atoms with Gasteiger partial charge < -0.3 is 19.7 Å². The van der Waals surface area contributed by atoms with E-state index in [0.717, 1.165) is 38.5 Å². The number of ketones is 1. The summed E-state index contributed by atoms with van der Waals surface area (Å²) in [4.78, 5) is 37.1. The number of aliphatic hydroxyl groups excluding tert-OH is 1. The first kappa shape index (κ1) is 32.2. The van der Waals surface area contributed by atoms with Crippen LogP contribution in [0.15, 0.2) is 11.6 Å². The van der Waals surface area contributed by atoms with Crippen LogP contribution >= 0.6 is 0 Å². The number of ether oxygens (including phenoxy) is 2. The molecule has 0 aromatic heterocycles. The Bertz CT molecular complexity index is 1090. The molecular formula is C34H54O7. The molecule has 0 aromatic carbocycles. The lowest BCUT2D eigenvalue weighted by molar-refractivity contribution is -0.182. The van der Waals surface area contributed by atoms with Crippen molar-refractivity contribution in [3.05, 3.63) is 11.6 Å². The minimum atomic E-state index is -1.31. The first-order valence-electron chi connectivity index (χ1n) is 15.8. The third-order valence-corrected chi connectivity index (χ3v) is 12.7. The number of rotatable bonds is 8. The predicted octanol–water partition coefficient (Wildman–Crippen LogP) is 5.79. The molecule has 0 bridgehead atoms. The summed E-state index contributed by atoms with van der Waals surface area (Å²) in [6.45, 7) is 17.1. The summed E-state index contributed by atoms with van der Waals surface area (Å²) in [5.41, 5.74) is -0.791. The van der Waals surface area contributed by atoms with E-state index in [9.17, 15) is 24.6 Å².